The lowest BCUT2D eigenvalue weighted by molar-refractivity contribution is 0.0165. The Morgan fingerprint density at radius 2 is 1.02 bits per heavy atom. The molecule has 2 fully saturated rings. The largest absolute Gasteiger partial charge is 0.373 e. The maximum atomic E-state index is 13.4. The van der Waals surface area contributed by atoms with Gasteiger partial charge in [-0.05, 0) is 122 Å². The van der Waals surface area contributed by atoms with Gasteiger partial charge in [0, 0.05) is 23.3 Å². The molecule has 2 heterocycles. The van der Waals surface area contributed by atoms with Crippen LogP contribution in [0.15, 0.2) is 94.7 Å². The summed E-state index contributed by atoms with van der Waals surface area (Å²) in [6.45, 7) is 10.7. The molecule has 2 aliphatic heterocycles. The number of benzene rings is 4. The number of sulfone groups is 2. The highest BCUT2D eigenvalue weighted by Crippen LogP contribution is 2.38. The van der Waals surface area contributed by atoms with Crippen LogP contribution in [0.4, 0.5) is 0 Å². The van der Waals surface area contributed by atoms with Crippen LogP contribution in [0.2, 0.25) is 10.0 Å². The van der Waals surface area contributed by atoms with Gasteiger partial charge in [0.05, 0.1) is 32.5 Å². The predicted octanol–water partition coefficient (Wildman–Crippen LogP) is 10.1. The van der Waals surface area contributed by atoms with E-state index in [0.717, 1.165) is 33.4 Å². The van der Waals surface area contributed by atoms with Gasteiger partial charge in [0.1, 0.15) is 0 Å². The van der Waals surface area contributed by atoms with E-state index < -0.39 is 30.2 Å². The van der Waals surface area contributed by atoms with E-state index in [1.807, 2.05) is 113 Å². The van der Waals surface area contributed by atoms with Crippen molar-refractivity contribution in [1.29, 1.82) is 0 Å². The van der Waals surface area contributed by atoms with Crippen molar-refractivity contribution in [1.82, 2.24) is 0 Å². The third-order valence-electron chi connectivity index (χ3n) is 9.58. The Labute approximate surface area is 308 Å². The predicted molar refractivity (Wildman–Crippen MR) is 202 cm³/mol. The van der Waals surface area contributed by atoms with E-state index in [4.69, 9.17) is 32.7 Å². The molecule has 0 N–H and O–H groups in total. The van der Waals surface area contributed by atoms with Crippen LogP contribution < -0.4 is 0 Å². The number of rotatable bonds is 7. The Morgan fingerprint density at radius 1 is 0.600 bits per heavy atom. The van der Waals surface area contributed by atoms with Crippen molar-refractivity contribution in [3.63, 3.8) is 0 Å². The summed E-state index contributed by atoms with van der Waals surface area (Å²) >= 11 is 11.9. The number of ether oxygens (including phenoxy) is 2. The van der Waals surface area contributed by atoms with Gasteiger partial charge in [0.25, 0.3) is 0 Å². The second kappa shape index (κ2) is 16.3. The van der Waals surface area contributed by atoms with Crippen molar-refractivity contribution < 1.29 is 26.3 Å². The van der Waals surface area contributed by atoms with Crippen LogP contribution in [-0.4, -0.2) is 40.5 Å². The zero-order valence-corrected chi connectivity index (χ0v) is 32.4. The molecule has 0 saturated carbocycles. The fourth-order valence-corrected chi connectivity index (χ4v) is 11.1. The topological polar surface area (TPSA) is 86.7 Å². The number of halogens is 2. The van der Waals surface area contributed by atoms with E-state index in [0.29, 0.717) is 58.7 Å². The smallest absolute Gasteiger partial charge is 0.181 e. The lowest BCUT2D eigenvalue weighted by Gasteiger charge is -2.30. The van der Waals surface area contributed by atoms with Gasteiger partial charge in [-0.2, -0.15) is 0 Å². The van der Waals surface area contributed by atoms with E-state index in [1.54, 1.807) is 6.07 Å². The minimum absolute atomic E-state index is 0.160. The van der Waals surface area contributed by atoms with Gasteiger partial charge in [0.2, 0.25) is 0 Å². The molecule has 50 heavy (non-hydrogen) atoms. The highest BCUT2D eigenvalue weighted by atomic mass is 35.5. The molecule has 4 aromatic rings. The van der Waals surface area contributed by atoms with Gasteiger partial charge in [-0.3, -0.25) is 0 Å². The summed E-state index contributed by atoms with van der Waals surface area (Å²) in [5.41, 5.74) is 5.57. The summed E-state index contributed by atoms with van der Waals surface area (Å²) in [5, 5.41) is 0.466. The highest BCUT2D eigenvalue weighted by Gasteiger charge is 2.36. The summed E-state index contributed by atoms with van der Waals surface area (Å²) in [4.78, 5) is 0.929. The van der Waals surface area contributed by atoms with Gasteiger partial charge in [-0.1, -0.05) is 85.6 Å². The SMILES string of the molecule is Cc1ccc(C(C)C)c(S(=O)(=O)C2CCOC(c3ccc(Cl)cc3)C2)c1.Cc1ccc(C)c(S(=O)(=O)C2CCOC(c3ccc(Cl)cc3)C2)c1. The lowest BCUT2D eigenvalue weighted by atomic mass is 10.0. The molecule has 0 radical (unpaired) electrons. The first-order valence-electron chi connectivity index (χ1n) is 17.1. The average Bonchev–Trinajstić information content (AvgIpc) is 3.10. The molecule has 0 amide bonds. The first kappa shape index (κ1) is 38.5. The van der Waals surface area contributed by atoms with Crippen LogP contribution in [0, 0.1) is 20.8 Å². The van der Waals surface area contributed by atoms with E-state index in [-0.39, 0.29) is 18.1 Å². The van der Waals surface area contributed by atoms with E-state index in [9.17, 15) is 16.8 Å². The summed E-state index contributed by atoms with van der Waals surface area (Å²) in [7, 11) is -6.79. The molecule has 0 spiro atoms. The van der Waals surface area contributed by atoms with E-state index in [1.165, 1.54) is 0 Å². The zero-order valence-electron chi connectivity index (χ0n) is 29.2. The molecule has 4 atom stereocenters. The van der Waals surface area contributed by atoms with Crippen LogP contribution in [0.5, 0.6) is 0 Å². The maximum absolute atomic E-state index is 13.4. The van der Waals surface area contributed by atoms with Gasteiger partial charge >= 0.3 is 0 Å². The normalized spacial score (nSPS) is 21.4. The quantitative estimate of drug-likeness (QED) is 0.187. The van der Waals surface area contributed by atoms with Gasteiger partial charge in [-0.25, -0.2) is 16.8 Å². The molecule has 10 heteroatoms. The van der Waals surface area contributed by atoms with E-state index >= 15 is 0 Å². The zero-order chi connectivity index (χ0) is 36.2. The third-order valence-corrected chi connectivity index (χ3v) is 14.7. The van der Waals surface area contributed by atoms with Crippen molar-refractivity contribution in [2.75, 3.05) is 13.2 Å². The van der Waals surface area contributed by atoms with Crippen LogP contribution in [0.3, 0.4) is 0 Å². The molecule has 6 nitrogen and oxygen atoms in total. The summed E-state index contributed by atoms with van der Waals surface area (Å²) in [6.07, 6.45) is 1.57. The van der Waals surface area contributed by atoms with Crippen LogP contribution >= 0.6 is 23.2 Å². The minimum Gasteiger partial charge on any atom is -0.373 e. The van der Waals surface area contributed by atoms with Gasteiger partial charge in [-0.15, -0.1) is 0 Å². The Kier molecular flexibility index (Phi) is 12.6. The Hall–Kier alpha value is -2.72. The molecule has 0 aromatic heterocycles. The van der Waals surface area contributed by atoms with Gasteiger partial charge < -0.3 is 9.47 Å². The molecule has 268 valence electrons. The summed E-state index contributed by atoms with van der Waals surface area (Å²) in [6, 6.07) is 26.2. The van der Waals surface area contributed by atoms with Crippen LogP contribution in [0.25, 0.3) is 0 Å². The fourth-order valence-electron chi connectivity index (χ4n) is 6.65. The number of aryl methyl sites for hydroxylation is 3. The minimum atomic E-state index is -3.42. The second-order valence-corrected chi connectivity index (χ2v) is 18.9. The first-order chi connectivity index (χ1) is 23.7. The Balaban J connectivity index is 0.000000195. The highest BCUT2D eigenvalue weighted by molar-refractivity contribution is 7.92. The standard InChI is InChI=1S/C21H25ClO3S.C19H21ClO3S/c1-14(2)19-9-4-15(3)12-21(19)26(23,24)18-10-11-25-20(13-18)16-5-7-17(22)8-6-16;1-13-3-4-14(2)19(11-13)24(21,22)17-9-10-23-18(12-17)15-5-7-16(20)8-6-15/h4-9,12,14,18,20H,10-11,13H2,1-3H3;3-8,11,17-18H,9-10,12H2,1-2H3. The maximum Gasteiger partial charge on any atom is 0.181 e. The van der Waals surface area contributed by atoms with Crippen LogP contribution in [-0.2, 0) is 29.1 Å². The third kappa shape index (κ3) is 9.01. The number of hydrogen-bond donors (Lipinski definition) is 0. The first-order valence-corrected chi connectivity index (χ1v) is 20.9. The Morgan fingerprint density at radius 3 is 1.48 bits per heavy atom. The molecule has 4 aromatic carbocycles. The lowest BCUT2D eigenvalue weighted by Crippen LogP contribution is -2.31. The number of hydrogen-bond acceptors (Lipinski definition) is 6. The van der Waals surface area contributed by atoms with Crippen molar-refractivity contribution in [3.8, 4) is 0 Å². The molecule has 0 bridgehead atoms. The van der Waals surface area contributed by atoms with Gasteiger partial charge in [0.15, 0.2) is 19.7 Å². The van der Waals surface area contributed by atoms with Crippen molar-refractivity contribution in [2.45, 2.75) is 98.7 Å². The van der Waals surface area contributed by atoms with Crippen molar-refractivity contribution >= 4 is 42.9 Å². The van der Waals surface area contributed by atoms with E-state index in [2.05, 4.69) is 0 Å². The molecular formula is C40H46Cl2O6S2. The monoisotopic (exact) mass is 756 g/mol. The molecule has 2 aliphatic rings. The molecule has 6 rings (SSSR count). The molecule has 4 unspecified atom stereocenters. The fraction of sp³-hybridized carbons (Fsp3) is 0.400. The Bertz CT molecular complexity index is 1990. The van der Waals surface area contributed by atoms with Crippen LogP contribution in [0.1, 0.15) is 91.0 Å². The summed E-state index contributed by atoms with van der Waals surface area (Å²) in [5.74, 6) is 0.160. The second-order valence-electron chi connectivity index (χ2n) is 13.7. The van der Waals surface area contributed by atoms with Crippen molar-refractivity contribution in [2.24, 2.45) is 0 Å². The molecule has 2 saturated heterocycles. The molecular weight excluding hydrogens is 711 g/mol. The average molecular weight is 758 g/mol. The summed E-state index contributed by atoms with van der Waals surface area (Å²) < 4.78 is 64.7. The van der Waals surface area contributed by atoms with Crippen molar-refractivity contribution in [3.05, 3.63) is 128 Å². The molecule has 0 aliphatic carbocycles.